The monoisotopic (exact) mass is 471 g/mol. The number of hydrogen-bond acceptors (Lipinski definition) is 4. The quantitative estimate of drug-likeness (QED) is 0.400. The van der Waals surface area contributed by atoms with Crippen LogP contribution < -0.4 is 9.73 Å². The Morgan fingerprint density at radius 2 is 1.84 bits per heavy atom. The Morgan fingerprint density at radius 1 is 1.16 bits per heavy atom. The zero-order valence-electron chi connectivity index (χ0n) is 13.8. The van der Waals surface area contributed by atoms with Crippen LogP contribution in [-0.4, -0.2) is 32.8 Å². The van der Waals surface area contributed by atoms with Crippen LogP contribution in [0.2, 0.25) is 0 Å². The summed E-state index contributed by atoms with van der Waals surface area (Å²) in [6, 6.07) is 16.2. The number of hydrogen-bond donors (Lipinski definition) is 1. The first kappa shape index (κ1) is 19.4. The highest BCUT2D eigenvalue weighted by molar-refractivity contribution is 14.1. The molecule has 0 saturated heterocycles. The van der Waals surface area contributed by atoms with Crippen LogP contribution in [0.15, 0.2) is 59.7 Å². The topological polar surface area (TPSA) is 78.8 Å². The second-order valence-electron chi connectivity index (χ2n) is 5.35. The van der Waals surface area contributed by atoms with E-state index in [1.807, 2.05) is 24.3 Å². The number of anilines is 1. The maximum Gasteiger partial charge on any atom is 0.260 e. The predicted octanol–water partition coefficient (Wildman–Crippen LogP) is 2.60. The van der Waals surface area contributed by atoms with E-state index in [1.165, 1.54) is 0 Å². The van der Waals surface area contributed by atoms with Crippen LogP contribution in [0.5, 0.6) is 0 Å². The first-order valence-electron chi connectivity index (χ1n) is 7.39. The van der Waals surface area contributed by atoms with Gasteiger partial charge in [-0.3, -0.25) is 9.10 Å². The molecule has 0 aliphatic rings. The molecule has 8 heteroatoms. The van der Waals surface area contributed by atoms with Gasteiger partial charge in [-0.1, -0.05) is 30.3 Å². The molecular weight excluding hydrogens is 453 g/mol. The Hall–Kier alpha value is -1.94. The summed E-state index contributed by atoms with van der Waals surface area (Å²) in [5.74, 6) is -0.515. The van der Waals surface area contributed by atoms with Gasteiger partial charge in [-0.2, -0.15) is 5.10 Å². The molecule has 132 valence electrons. The van der Waals surface area contributed by atoms with Crippen LogP contribution in [0.25, 0.3) is 0 Å². The van der Waals surface area contributed by atoms with E-state index in [4.69, 9.17) is 0 Å². The largest absolute Gasteiger partial charge is 0.271 e. The molecule has 6 nitrogen and oxygen atoms in total. The average molecular weight is 471 g/mol. The molecule has 0 aromatic heterocycles. The SMILES string of the molecule is C/C(=N/NC(=O)CN(c1ccccc1)S(C)(=O)=O)c1cccc(I)c1. The molecule has 1 N–H and O–H groups in total. The summed E-state index contributed by atoms with van der Waals surface area (Å²) in [6.07, 6.45) is 1.06. The number of hydrazone groups is 1. The fourth-order valence-electron chi connectivity index (χ4n) is 2.08. The summed E-state index contributed by atoms with van der Waals surface area (Å²) >= 11 is 2.20. The van der Waals surface area contributed by atoms with Gasteiger partial charge in [0, 0.05) is 3.57 Å². The van der Waals surface area contributed by atoms with Gasteiger partial charge < -0.3 is 0 Å². The third-order valence-electron chi connectivity index (χ3n) is 3.32. The standard InChI is InChI=1S/C17H18IN3O3S/c1-13(14-7-6-8-15(18)11-14)19-20-17(22)12-21(25(2,23)24)16-9-4-3-5-10-16/h3-11H,12H2,1-2H3,(H,20,22)/b19-13-. The fourth-order valence-corrected chi connectivity index (χ4v) is 3.48. The van der Waals surface area contributed by atoms with E-state index in [0.717, 1.165) is 19.7 Å². The molecule has 1 amide bonds. The van der Waals surface area contributed by atoms with Gasteiger partial charge in [0.1, 0.15) is 6.54 Å². The average Bonchev–Trinajstić information content (AvgIpc) is 2.57. The number of nitrogens with one attached hydrogen (secondary N) is 1. The van der Waals surface area contributed by atoms with Crippen molar-refractivity contribution in [3.8, 4) is 0 Å². The molecule has 2 rings (SSSR count). The Morgan fingerprint density at radius 3 is 2.44 bits per heavy atom. The number of amides is 1. The first-order chi connectivity index (χ1) is 11.8. The number of carbonyl (C=O) groups excluding carboxylic acids is 1. The molecule has 0 atom stereocenters. The van der Waals surface area contributed by atoms with E-state index in [0.29, 0.717) is 11.4 Å². The lowest BCUT2D eigenvalue weighted by molar-refractivity contribution is -0.119. The van der Waals surface area contributed by atoms with Crippen molar-refractivity contribution >= 4 is 49.9 Å². The zero-order valence-corrected chi connectivity index (χ0v) is 16.8. The van der Waals surface area contributed by atoms with Gasteiger partial charge in [0.05, 0.1) is 17.7 Å². The Labute approximate surface area is 161 Å². The second-order valence-corrected chi connectivity index (χ2v) is 8.50. The molecule has 0 aliphatic heterocycles. The molecule has 0 aliphatic carbocycles. The van der Waals surface area contributed by atoms with Crippen LogP contribution in [0, 0.1) is 3.57 Å². The number of nitrogens with zero attached hydrogens (tertiary/aromatic N) is 2. The highest BCUT2D eigenvalue weighted by Crippen LogP contribution is 2.16. The van der Waals surface area contributed by atoms with E-state index in [2.05, 4.69) is 33.1 Å². The maximum atomic E-state index is 12.2. The van der Waals surface area contributed by atoms with Crippen molar-refractivity contribution in [3.63, 3.8) is 0 Å². The van der Waals surface area contributed by atoms with Crippen LogP contribution in [-0.2, 0) is 14.8 Å². The minimum absolute atomic E-state index is 0.341. The van der Waals surface area contributed by atoms with Crippen molar-refractivity contribution in [1.82, 2.24) is 5.43 Å². The summed E-state index contributed by atoms with van der Waals surface area (Å²) in [6.45, 7) is 1.43. The number of carbonyl (C=O) groups is 1. The minimum atomic E-state index is -3.59. The summed E-state index contributed by atoms with van der Waals surface area (Å²) in [5.41, 5.74) is 4.36. The van der Waals surface area contributed by atoms with Crippen LogP contribution in [0.3, 0.4) is 0 Å². The molecule has 2 aromatic rings. The van der Waals surface area contributed by atoms with E-state index in [-0.39, 0.29) is 6.54 Å². The van der Waals surface area contributed by atoms with Gasteiger partial charge in [0.2, 0.25) is 10.0 Å². The molecule has 0 fully saturated rings. The molecule has 0 bridgehead atoms. The van der Waals surface area contributed by atoms with E-state index in [1.54, 1.807) is 37.3 Å². The van der Waals surface area contributed by atoms with Crippen molar-refractivity contribution < 1.29 is 13.2 Å². The van der Waals surface area contributed by atoms with Gasteiger partial charge in [0.25, 0.3) is 5.91 Å². The smallest absolute Gasteiger partial charge is 0.260 e. The van der Waals surface area contributed by atoms with Crippen molar-refractivity contribution in [2.75, 3.05) is 17.1 Å². The van der Waals surface area contributed by atoms with Gasteiger partial charge >= 0.3 is 0 Å². The number of benzene rings is 2. The molecular formula is C17H18IN3O3S. The second kappa shape index (κ2) is 8.43. The van der Waals surface area contributed by atoms with Crippen LogP contribution in [0.4, 0.5) is 5.69 Å². The maximum absolute atomic E-state index is 12.2. The van der Waals surface area contributed by atoms with Gasteiger partial charge in [0.15, 0.2) is 0 Å². The normalized spacial score (nSPS) is 11.9. The van der Waals surface area contributed by atoms with E-state index in [9.17, 15) is 13.2 Å². The van der Waals surface area contributed by atoms with E-state index < -0.39 is 15.9 Å². The third kappa shape index (κ3) is 5.82. The lowest BCUT2D eigenvalue weighted by Crippen LogP contribution is -2.39. The molecule has 2 aromatic carbocycles. The minimum Gasteiger partial charge on any atom is -0.271 e. The zero-order chi connectivity index (χ0) is 18.4. The summed E-state index contributed by atoms with van der Waals surface area (Å²) in [5, 5.41) is 4.06. The van der Waals surface area contributed by atoms with Crippen molar-refractivity contribution in [1.29, 1.82) is 0 Å². The van der Waals surface area contributed by atoms with Crippen molar-refractivity contribution in [3.05, 3.63) is 63.7 Å². The number of rotatable bonds is 6. The summed E-state index contributed by atoms with van der Waals surface area (Å²) in [4.78, 5) is 12.2. The van der Waals surface area contributed by atoms with Crippen molar-refractivity contribution in [2.45, 2.75) is 6.92 Å². The molecule has 0 spiro atoms. The third-order valence-corrected chi connectivity index (χ3v) is 5.13. The highest BCUT2D eigenvalue weighted by Gasteiger charge is 2.20. The molecule has 0 heterocycles. The molecule has 0 saturated carbocycles. The summed E-state index contributed by atoms with van der Waals surface area (Å²) < 4.78 is 26.0. The van der Waals surface area contributed by atoms with Crippen LogP contribution >= 0.6 is 22.6 Å². The first-order valence-corrected chi connectivity index (χ1v) is 10.3. The molecule has 0 radical (unpaired) electrons. The molecule has 0 unspecified atom stereocenters. The van der Waals surface area contributed by atoms with Crippen LogP contribution in [0.1, 0.15) is 12.5 Å². The lowest BCUT2D eigenvalue weighted by atomic mass is 10.1. The van der Waals surface area contributed by atoms with E-state index >= 15 is 0 Å². The lowest BCUT2D eigenvalue weighted by Gasteiger charge is -2.21. The molecule has 25 heavy (non-hydrogen) atoms. The number of para-hydroxylation sites is 1. The predicted molar refractivity (Wildman–Crippen MR) is 108 cm³/mol. The Balaban J connectivity index is 2.11. The van der Waals surface area contributed by atoms with Gasteiger partial charge in [-0.15, -0.1) is 0 Å². The van der Waals surface area contributed by atoms with Gasteiger partial charge in [-0.25, -0.2) is 13.8 Å². The van der Waals surface area contributed by atoms with Gasteiger partial charge in [-0.05, 0) is 59.3 Å². The Bertz CT molecular complexity index is 883. The number of sulfonamides is 1. The summed E-state index contributed by atoms with van der Waals surface area (Å²) in [7, 11) is -3.59. The number of halogens is 1. The highest BCUT2D eigenvalue weighted by atomic mass is 127. The Kier molecular flexibility index (Phi) is 6.54. The van der Waals surface area contributed by atoms with Crippen molar-refractivity contribution in [2.24, 2.45) is 5.10 Å². The fraction of sp³-hybridized carbons (Fsp3) is 0.176.